The van der Waals surface area contributed by atoms with Crippen LogP contribution >= 0.6 is 0 Å². The number of hydrogen-bond donors (Lipinski definition) is 4. The number of ketones is 1. The van der Waals surface area contributed by atoms with Crippen LogP contribution in [0, 0.1) is 11.7 Å². The van der Waals surface area contributed by atoms with Crippen LogP contribution in [0.4, 0.5) is 4.39 Å². The lowest BCUT2D eigenvalue weighted by Gasteiger charge is -2.41. The number of hydrogen-bond acceptors (Lipinski definition) is 9. The van der Waals surface area contributed by atoms with Crippen LogP contribution in [0.25, 0.3) is 0 Å². The highest BCUT2D eigenvalue weighted by Crippen LogP contribution is 2.24. The molecule has 0 radical (unpaired) electrons. The molecule has 4 N–H and O–H groups in total. The summed E-state index contributed by atoms with van der Waals surface area (Å²) in [6.45, 7) is 11.0. The molecule has 2 aliphatic rings. The van der Waals surface area contributed by atoms with Gasteiger partial charge in [0.15, 0.2) is 5.78 Å². The fourth-order valence-electron chi connectivity index (χ4n) is 5.05. The Kier molecular flexibility index (Phi) is 17.4. The number of morpholine rings is 1. The lowest BCUT2D eigenvalue weighted by atomic mass is 9.98. The van der Waals surface area contributed by atoms with Crippen LogP contribution in [0.3, 0.4) is 0 Å². The van der Waals surface area contributed by atoms with Gasteiger partial charge in [0.25, 0.3) is 0 Å². The van der Waals surface area contributed by atoms with Crippen LogP contribution in [-0.4, -0.2) is 130 Å². The average molecular weight is 672 g/mol. The zero-order valence-electron chi connectivity index (χ0n) is 26.7. The highest BCUT2D eigenvalue weighted by Gasteiger charge is 2.28. The van der Waals surface area contributed by atoms with Crippen molar-refractivity contribution in [3.8, 4) is 0 Å². The van der Waals surface area contributed by atoms with Crippen molar-refractivity contribution < 1.29 is 53.5 Å². The molecule has 0 saturated carbocycles. The Morgan fingerprint density at radius 3 is 1.56 bits per heavy atom. The lowest BCUT2D eigenvalue weighted by Crippen LogP contribution is -2.51. The molecule has 2 atom stereocenters. The first-order valence-electron chi connectivity index (χ1n) is 15.2. The first-order chi connectivity index (χ1) is 22.8. The van der Waals surface area contributed by atoms with Crippen LogP contribution < -0.4 is 0 Å². The van der Waals surface area contributed by atoms with Gasteiger partial charge in [-0.05, 0) is 17.7 Å². The second kappa shape index (κ2) is 21.2. The largest absolute Gasteiger partial charge is 0.478 e. The van der Waals surface area contributed by atoms with Gasteiger partial charge in [-0.2, -0.15) is 0 Å². The normalized spacial score (nSPS) is 17.0. The van der Waals surface area contributed by atoms with Crippen LogP contribution in [0.1, 0.15) is 28.9 Å². The van der Waals surface area contributed by atoms with Crippen molar-refractivity contribution in [1.29, 1.82) is 0 Å². The maximum atomic E-state index is 13.5. The Hall–Kier alpha value is -4.76. The number of ether oxygens (including phenoxy) is 1. The maximum absolute atomic E-state index is 13.5. The standard InChI is InChI=1S/C26H34FN3O2.2C4H4O4/c1-21(26(31)23-5-3-2-4-6-23)19-28-11-13-29(14-12-28)20-25(30-15-17-32-18-16-30)22-7-9-24(27)10-8-22;2*5-3(6)1-2-4(7)8/h2-10,21,25H,11-20H2,1H3;2*1-2H,(H,5,6)(H,7,8). The van der Waals surface area contributed by atoms with Gasteiger partial charge in [-0.1, -0.05) is 49.4 Å². The molecule has 13 nitrogen and oxygen atoms in total. The number of benzene rings is 2. The molecule has 4 rings (SSSR count). The van der Waals surface area contributed by atoms with E-state index in [4.69, 9.17) is 25.2 Å². The Morgan fingerprint density at radius 1 is 0.688 bits per heavy atom. The maximum Gasteiger partial charge on any atom is 0.328 e. The molecular weight excluding hydrogens is 629 g/mol. The molecule has 2 aliphatic heterocycles. The van der Waals surface area contributed by atoms with Gasteiger partial charge in [0.05, 0.1) is 13.2 Å². The number of carbonyl (C=O) groups is 5. The number of carboxylic acid groups (broad SMARTS) is 4. The summed E-state index contributed by atoms with van der Waals surface area (Å²) in [4.78, 5) is 58.3. The topological polar surface area (TPSA) is 185 Å². The molecule has 2 fully saturated rings. The van der Waals surface area contributed by atoms with Gasteiger partial charge in [-0.15, -0.1) is 0 Å². The van der Waals surface area contributed by atoms with Gasteiger partial charge < -0.3 is 30.1 Å². The van der Waals surface area contributed by atoms with Crippen molar-refractivity contribution in [1.82, 2.24) is 14.7 Å². The van der Waals surface area contributed by atoms with E-state index in [-0.39, 0.29) is 23.6 Å². The van der Waals surface area contributed by atoms with E-state index < -0.39 is 23.9 Å². The summed E-state index contributed by atoms with van der Waals surface area (Å²) in [5.41, 5.74) is 1.96. The van der Waals surface area contributed by atoms with E-state index in [9.17, 15) is 28.4 Å². The summed E-state index contributed by atoms with van der Waals surface area (Å²) in [6.07, 6.45) is 2.23. The monoisotopic (exact) mass is 671 g/mol. The van der Waals surface area contributed by atoms with E-state index in [0.29, 0.717) is 24.3 Å². The number of nitrogens with zero attached hydrogens (tertiary/aromatic N) is 3. The molecule has 0 bridgehead atoms. The smallest absolute Gasteiger partial charge is 0.328 e. The SMILES string of the molecule is CC(CN1CCN(CC(c2ccc(F)cc2)N2CCOCC2)CC1)C(=O)c1ccccc1.O=C(O)C=CC(=O)O.O=C(O)C=CC(=O)O. The summed E-state index contributed by atoms with van der Waals surface area (Å²) in [7, 11) is 0. The van der Waals surface area contributed by atoms with Crippen LogP contribution in [0.5, 0.6) is 0 Å². The molecular formula is C34H42FN3O10. The second-order valence-electron chi connectivity index (χ2n) is 11.0. The second-order valence-corrected chi connectivity index (χ2v) is 11.0. The number of rotatable bonds is 12. The van der Waals surface area contributed by atoms with Gasteiger partial charge >= 0.3 is 23.9 Å². The van der Waals surface area contributed by atoms with Crippen molar-refractivity contribution in [2.45, 2.75) is 13.0 Å². The van der Waals surface area contributed by atoms with E-state index in [1.54, 1.807) is 12.1 Å². The molecule has 48 heavy (non-hydrogen) atoms. The van der Waals surface area contributed by atoms with Gasteiger partial charge in [0.2, 0.25) is 0 Å². The predicted octanol–water partition coefficient (Wildman–Crippen LogP) is 2.76. The minimum atomic E-state index is -1.26. The Morgan fingerprint density at radius 2 is 1.12 bits per heavy atom. The number of Topliss-reactive ketones (excluding diaryl/α,β-unsaturated/α-hetero) is 1. The van der Waals surface area contributed by atoms with Crippen molar-refractivity contribution in [3.05, 3.63) is 95.8 Å². The molecule has 2 heterocycles. The van der Waals surface area contributed by atoms with E-state index in [1.165, 1.54) is 0 Å². The molecule has 14 heteroatoms. The molecule has 2 saturated heterocycles. The Labute approximate surface area is 278 Å². The Balaban J connectivity index is 0.000000414. The summed E-state index contributed by atoms with van der Waals surface area (Å²) < 4.78 is 19.0. The van der Waals surface area contributed by atoms with Crippen molar-refractivity contribution in [2.24, 2.45) is 5.92 Å². The molecule has 2 aromatic carbocycles. The molecule has 0 amide bonds. The highest BCUT2D eigenvalue weighted by molar-refractivity contribution is 5.97. The summed E-state index contributed by atoms with van der Waals surface area (Å²) in [5.74, 6) is -5.01. The van der Waals surface area contributed by atoms with Gasteiger partial charge in [-0.25, -0.2) is 23.6 Å². The van der Waals surface area contributed by atoms with Gasteiger partial charge in [0, 0.05) is 94.2 Å². The Bertz CT molecular complexity index is 1320. The summed E-state index contributed by atoms with van der Waals surface area (Å²) in [6, 6.07) is 16.8. The van der Waals surface area contributed by atoms with Crippen LogP contribution in [0.2, 0.25) is 0 Å². The van der Waals surface area contributed by atoms with Crippen LogP contribution in [-0.2, 0) is 23.9 Å². The van der Waals surface area contributed by atoms with E-state index in [1.807, 2.05) is 49.4 Å². The van der Waals surface area contributed by atoms with Crippen molar-refractivity contribution in [3.63, 3.8) is 0 Å². The molecule has 0 spiro atoms. The third kappa shape index (κ3) is 15.7. The first-order valence-corrected chi connectivity index (χ1v) is 15.2. The number of aliphatic carboxylic acids is 4. The average Bonchev–Trinajstić information content (AvgIpc) is 3.07. The fraction of sp³-hybridized carbons (Fsp3) is 0.382. The third-order valence-electron chi connectivity index (χ3n) is 7.41. The number of halogens is 1. The van der Waals surface area contributed by atoms with Crippen molar-refractivity contribution in [2.75, 3.05) is 65.6 Å². The van der Waals surface area contributed by atoms with Crippen molar-refractivity contribution >= 4 is 29.7 Å². The zero-order chi connectivity index (χ0) is 35.5. The highest BCUT2D eigenvalue weighted by atomic mass is 19.1. The zero-order valence-corrected chi connectivity index (χ0v) is 26.7. The third-order valence-corrected chi connectivity index (χ3v) is 7.41. The van der Waals surface area contributed by atoms with Crippen LogP contribution in [0.15, 0.2) is 78.9 Å². The molecule has 0 aliphatic carbocycles. The number of carboxylic acids is 4. The lowest BCUT2D eigenvalue weighted by molar-refractivity contribution is -0.134. The van der Waals surface area contributed by atoms with Gasteiger partial charge in [0.1, 0.15) is 5.82 Å². The minimum Gasteiger partial charge on any atom is -0.478 e. The first kappa shape index (κ1) is 39.4. The predicted molar refractivity (Wildman–Crippen MR) is 173 cm³/mol. The molecule has 0 aromatic heterocycles. The fourth-order valence-corrected chi connectivity index (χ4v) is 5.05. The quantitative estimate of drug-likeness (QED) is 0.191. The van der Waals surface area contributed by atoms with Gasteiger partial charge in [-0.3, -0.25) is 14.6 Å². The molecule has 2 unspecified atom stereocenters. The van der Waals surface area contributed by atoms with E-state index in [0.717, 1.165) is 76.7 Å². The van der Waals surface area contributed by atoms with E-state index in [2.05, 4.69) is 14.7 Å². The summed E-state index contributed by atoms with van der Waals surface area (Å²) in [5, 5.41) is 31.2. The number of piperazine rings is 1. The summed E-state index contributed by atoms with van der Waals surface area (Å²) >= 11 is 0. The minimum absolute atomic E-state index is 0.00994. The molecule has 2 aromatic rings. The van der Waals surface area contributed by atoms with E-state index >= 15 is 0 Å². The number of carbonyl (C=O) groups excluding carboxylic acids is 1. The molecule has 260 valence electrons.